The van der Waals surface area contributed by atoms with Gasteiger partial charge in [0.1, 0.15) is 4.88 Å². The zero-order chi connectivity index (χ0) is 13.4. The van der Waals surface area contributed by atoms with Crippen LogP contribution in [0.5, 0.6) is 11.8 Å². The Kier molecular flexibility index (Phi) is 2.64. The Bertz CT molecular complexity index is 706. The van der Waals surface area contributed by atoms with Crippen LogP contribution in [0.2, 0.25) is 0 Å². The molecule has 3 rings (SSSR count). The fourth-order valence-electron chi connectivity index (χ4n) is 1.71. The van der Waals surface area contributed by atoms with Gasteiger partial charge in [-0.15, -0.1) is 16.1 Å². The molecule has 0 aliphatic carbocycles. The van der Waals surface area contributed by atoms with Gasteiger partial charge < -0.3 is 15.1 Å². The number of rotatable bonds is 2. The normalized spacial score (nSPS) is 10.7. The highest BCUT2D eigenvalue weighted by atomic mass is 32.1. The number of hydrogen-bond acceptors (Lipinski definition) is 5. The first-order valence-electron chi connectivity index (χ1n) is 5.46. The number of nitrogens with zero attached hydrogens (tertiary/aromatic N) is 1. The third-order valence-corrected chi connectivity index (χ3v) is 3.69. The van der Waals surface area contributed by atoms with E-state index in [4.69, 9.17) is 4.84 Å². The van der Waals surface area contributed by atoms with E-state index in [1.165, 1.54) is 23.5 Å². The van der Waals surface area contributed by atoms with Crippen LogP contribution in [-0.2, 0) is 0 Å². The summed E-state index contributed by atoms with van der Waals surface area (Å²) in [7, 11) is 0. The van der Waals surface area contributed by atoms with Crippen LogP contribution in [0.3, 0.4) is 0 Å². The Morgan fingerprint density at radius 3 is 2.47 bits per heavy atom. The van der Waals surface area contributed by atoms with E-state index in [1.54, 1.807) is 6.07 Å². The summed E-state index contributed by atoms with van der Waals surface area (Å²) in [6, 6.07) is 11.7. The van der Waals surface area contributed by atoms with Gasteiger partial charge in [-0.05, 0) is 17.5 Å². The maximum Gasteiger partial charge on any atom is 0.373 e. The summed E-state index contributed by atoms with van der Waals surface area (Å²) >= 11 is 1.29. The van der Waals surface area contributed by atoms with Crippen LogP contribution >= 0.6 is 11.3 Å². The smallest absolute Gasteiger partial charge is 0.373 e. The van der Waals surface area contributed by atoms with E-state index in [9.17, 15) is 15.0 Å². The molecule has 5 nitrogen and oxygen atoms in total. The Labute approximate surface area is 111 Å². The van der Waals surface area contributed by atoms with Gasteiger partial charge in [0.25, 0.3) is 0 Å². The monoisotopic (exact) mass is 275 g/mol. The largest absolute Gasteiger partial charge is 0.492 e. The molecule has 0 aliphatic heterocycles. The molecule has 0 spiro atoms. The van der Waals surface area contributed by atoms with E-state index in [1.807, 2.05) is 24.3 Å². The Morgan fingerprint density at radius 1 is 1.11 bits per heavy atom. The number of aromatic nitrogens is 1. The van der Waals surface area contributed by atoms with E-state index < -0.39 is 5.97 Å². The first kappa shape index (κ1) is 11.6. The highest BCUT2D eigenvalue weighted by Gasteiger charge is 2.16. The number of carbonyl (C=O) groups excluding carboxylic acids is 1. The molecule has 19 heavy (non-hydrogen) atoms. The average molecular weight is 275 g/mol. The third-order valence-electron chi connectivity index (χ3n) is 2.60. The quantitative estimate of drug-likeness (QED) is 0.753. The summed E-state index contributed by atoms with van der Waals surface area (Å²) in [4.78, 5) is 17.2. The molecule has 0 radical (unpaired) electrons. The van der Waals surface area contributed by atoms with Crippen molar-refractivity contribution in [3.8, 4) is 11.8 Å². The van der Waals surface area contributed by atoms with Gasteiger partial charge in [0.2, 0.25) is 11.8 Å². The summed E-state index contributed by atoms with van der Waals surface area (Å²) in [5.74, 6) is -1.32. The highest BCUT2D eigenvalue weighted by molar-refractivity contribution is 7.20. The molecule has 96 valence electrons. The van der Waals surface area contributed by atoms with Gasteiger partial charge in [-0.1, -0.05) is 18.2 Å². The summed E-state index contributed by atoms with van der Waals surface area (Å²) < 4.78 is 1.64. The van der Waals surface area contributed by atoms with Crippen molar-refractivity contribution < 1.29 is 19.8 Å². The molecule has 0 atom stereocenters. The lowest BCUT2D eigenvalue weighted by atomic mass is 10.2. The predicted octanol–water partition coefficient (Wildman–Crippen LogP) is 2.38. The van der Waals surface area contributed by atoms with E-state index >= 15 is 0 Å². The van der Waals surface area contributed by atoms with Crippen molar-refractivity contribution in [2.75, 3.05) is 0 Å². The van der Waals surface area contributed by atoms with Crippen LogP contribution in [-0.4, -0.2) is 20.9 Å². The summed E-state index contributed by atoms with van der Waals surface area (Å²) in [5.41, 5.74) is 0. The van der Waals surface area contributed by atoms with Gasteiger partial charge in [0.05, 0.1) is 0 Å². The van der Waals surface area contributed by atoms with Gasteiger partial charge in [-0.25, -0.2) is 4.79 Å². The number of thiophene rings is 1. The molecule has 0 aliphatic rings. The number of carbonyl (C=O) groups is 1. The second-order valence-corrected chi connectivity index (χ2v) is 4.96. The van der Waals surface area contributed by atoms with Crippen LogP contribution in [0, 0.1) is 0 Å². The van der Waals surface area contributed by atoms with Crippen LogP contribution in [0.15, 0.2) is 42.5 Å². The standard InChI is InChI=1S/C13H9NO4S/c15-11-5-6-12(16)14(11)18-13(17)10-7-8-3-1-2-4-9(8)19-10/h1-7,15-16H. The van der Waals surface area contributed by atoms with E-state index in [0.717, 1.165) is 10.1 Å². The van der Waals surface area contributed by atoms with Gasteiger partial charge in [0, 0.05) is 16.8 Å². The van der Waals surface area contributed by atoms with Crippen molar-refractivity contribution in [1.82, 2.24) is 4.73 Å². The zero-order valence-electron chi connectivity index (χ0n) is 9.61. The Morgan fingerprint density at radius 2 is 1.79 bits per heavy atom. The molecule has 6 heteroatoms. The van der Waals surface area contributed by atoms with Crippen LogP contribution < -0.4 is 4.84 Å². The molecule has 2 heterocycles. The van der Waals surface area contributed by atoms with Gasteiger partial charge >= 0.3 is 5.97 Å². The molecular formula is C13H9NO4S. The maximum absolute atomic E-state index is 11.9. The van der Waals surface area contributed by atoms with Crippen LogP contribution in [0.4, 0.5) is 0 Å². The number of hydrogen-bond donors (Lipinski definition) is 2. The van der Waals surface area contributed by atoms with Crippen molar-refractivity contribution in [2.24, 2.45) is 0 Å². The van der Waals surface area contributed by atoms with E-state index in [2.05, 4.69) is 0 Å². The molecule has 3 aromatic rings. The average Bonchev–Trinajstić information content (AvgIpc) is 2.97. The minimum atomic E-state index is -0.636. The minimum absolute atomic E-state index is 0.341. The lowest BCUT2D eigenvalue weighted by Crippen LogP contribution is -2.17. The fraction of sp³-hybridized carbons (Fsp3) is 0. The minimum Gasteiger partial charge on any atom is -0.492 e. The second kappa shape index (κ2) is 4.33. The number of aromatic hydroxyl groups is 2. The summed E-state index contributed by atoms with van der Waals surface area (Å²) in [6.07, 6.45) is 0. The van der Waals surface area contributed by atoms with Crippen molar-refractivity contribution in [3.05, 3.63) is 47.3 Å². The van der Waals surface area contributed by atoms with E-state index in [-0.39, 0.29) is 11.8 Å². The maximum atomic E-state index is 11.9. The van der Waals surface area contributed by atoms with Crippen LogP contribution in [0.1, 0.15) is 9.67 Å². The SMILES string of the molecule is O=C(On1c(O)ccc1O)c1cc2ccccc2s1. The van der Waals surface area contributed by atoms with Gasteiger partial charge in [-0.2, -0.15) is 0 Å². The third kappa shape index (κ3) is 2.02. The molecule has 1 aromatic carbocycles. The predicted molar refractivity (Wildman–Crippen MR) is 70.5 cm³/mol. The molecule has 2 N–H and O–H groups in total. The molecule has 0 amide bonds. The summed E-state index contributed by atoms with van der Waals surface area (Å²) in [5, 5.41) is 19.7. The highest BCUT2D eigenvalue weighted by Crippen LogP contribution is 2.26. The van der Waals surface area contributed by atoms with Crippen LogP contribution in [0.25, 0.3) is 10.1 Å². The molecule has 0 saturated heterocycles. The van der Waals surface area contributed by atoms with Gasteiger partial charge in [-0.3, -0.25) is 0 Å². The molecular weight excluding hydrogens is 266 g/mol. The van der Waals surface area contributed by atoms with E-state index in [0.29, 0.717) is 9.61 Å². The Balaban J connectivity index is 1.92. The molecule has 0 fully saturated rings. The molecule has 0 saturated carbocycles. The van der Waals surface area contributed by atoms with Crippen molar-refractivity contribution in [1.29, 1.82) is 0 Å². The number of fused-ring (bicyclic) bond motifs is 1. The molecule has 0 bridgehead atoms. The number of benzene rings is 1. The first-order chi connectivity index (χ1) is 9.15. The molecule has 2 aromatic heterocycles. The fourth-order valence-corrected chi connectivity index (χ4v) is 2.64. The Hall–Kier alpha value is -2.47. The lowest BCUT2D eigenvalue weighted by Gasteiger charge is -2.04. The lowest BCUT2D eigenvalue weighted by molar-refractivity contribution is 0.0387. The van der Waals surface area contributed by atoms with Crippen molar-refractivity contribution >= 4 is 27.4 Å². The van der Waals surface area contributed by atoms with Crippen molar-refractivity contribution in [3.63, 3.8) is 0 Å². The first-order valence-corrected chi connectivity index (χ1v) is 6.28. The second-order valence-electron chi connectivity index (χ2n) is 3.87. The topological polar surface area (TPSA) is 71.7 Å². The van der Waals surface area contributed by atoms with Crippen molar-refractivity contribution in [2.45, 2.75) is 0 Å². The van der Waals surface area contributed by atoms with Gasteiger partial charge in [0.15, 0.2) is 0 Å². The summed E-state index contributed by atoms with van der Waals surface area (Å²) in [6.45, 7) is 0. The zero-order valence-corrected chi connectivity index (χ0v) is 10.4. The molecule has 0 unspecified atom stereocenters.